The lowest BCUT2D eigenvalue weighted by Gasteiger charge is -2.09. The van der Waals surface area contributed by atoms with Crippen molar-refractivity contribution >= 4 is 24.3 Å². The van der Waals surface area contributed by atoms with Crippen molar-refractivity contribution in [1.29, 1.82) is 0 Å². The number of carbonyl (C=O) groups excluding carboxylic acids is 1. The van der Waals surface area contributed by atoms with E-state index in [4.69, 9.17) is 4.74 Å². The molecule has 0 aliphatic carbocycles. The average Bonchev–Trinajstić information content (AvgIpc) is 2.52. The van der Waals surface area contributed by atoms with Gasteiger partial charge in [0, 0.05) is 11.6 Å². The molecule has 3 aromatic rings. The Balaban J connectivity index is 1.76. The second kappa shape index (κ2) is 5.94. The molecule has 0 aliphatic rings. The van der Waals surface area contributed by atoms with Crippen molar-refractivity contribution in [3.05, 3.63) is 71.8 Å². The van der Waals surface area contributed by atoms with E-state index in [0.29, 0.717) is 17.9 Å². The van der Waals surface area contributed by atoms with E-state index >= 15 is 0 Å². The van der Waals surface area contributed by atoms with E-state index in [1.807, 2.05) is 18.2 Å². The summed E-state index contributed by atoms with van der Waals surface area (Å²) in [6.45, 7) is 0.406. The summed E-state index contributed by atoms with van der Waals surface area (Å²) in [5.41, 5.74) is 1.19. The lowest BCUT2D eigenvalue weighted by molar-refractivity contribution is 0.107. The Kier molecular flexibility index (Phi) is 3.83. The molecular weight excluding hydrogens is 275 g/mol. The van der Waals surface area contributed by atoms with E-state index in [1.165, 1.54) is 24.7 Å². The molecule has 4 heteroatoms. The van der Waals surface area contributed by atoms with Crippen LogP contribution in [0.2, 0.25) is 0 Å². The number of phenols is 1. The number of fused-ring (bicyclic) bond motifs is 1. The van der Waals surface area contributed by atoms with Gasteiger partial charge in [-0.3, -0.25) is 0 Å². The monoisotopic (exact) mass is 290 g/mol. The molecule has 0 aliphatic heterocycles. The topological polar surface area (TPSA) is 46.5 Å². The van der Waals surface area contributed by atoms with Gasteiger partial charge in [0.1, 0.15) is 23.8 Å². The third-order valence-electron chi connectivity index (χ3n) is 3.57. The summed E-state index contributed by atoms with van der Waals surface area (Å²) in [5, 5.41) is 12.2. The van der Waals surface area contributed by atoms with Crippen LogP contribution >= 0.6 is 0 Å². The zero-order valence-corrected chi connectivity index (χ0v) is 12.2. The molecular formula is C18H15BO3. The van der Waals surface area contributed by atoms with Gasteiger partial charge in [0.25, 0.3) is 0 Å². The van der Waals surface area contributed by atoms with Crippen molar-refractivity contribution < 1.29 is 14.6 Å². The molecule has 3 nitrogen and oxygen atoms in total. The Bertz CT molecular complexity index is 843. The first-order valence-corrected chi connectivity index (χ1v) is 7.08. The normalized spacial score (nSPS) is 10.5. The van der Waals surface area contributed by atoms with Gasteiger partial charge >= 0.3 is 0 Å². The second-order valence-electron chi connectivity index (χ2n) is 5.21. The molecule has 0 saturated carbocycles. The van der Waals surface area contributed by atoms with E-state index in [2.05, 4.69) is 24.3 Å². The minimum absolute atomic E-state index is 0.0523. The van der Waals surface area contributed by atoms with Crippen LogP contribution in [-0.4, -0.2) is 18.6 Å². The predicted molar refractivity (Wildman–Crippen MR) is 89.3 cm³/mol. The van der Waals surface area contributed by atoms with Gasteiger partial charge in [-0.15, -0.1) is 0 Å². The van der Waals surface area contributed by atoms with Crippen molar-refractivity contribution in [3.8, 4) is 11.5 Å². The molecule has 0 unspecified atom stereocenters. The predicted octanol–water partition coefficient (Wildman–Crippen LogP) is 2.90. The number of benzene rings is 3. The fraction of sp³-hybridized carbons (Fsp3) is 0.0556. The molecule has 1 N–H and O–H groups in total. The molecule has 0 saturated heterocycles. The zero-order valence-electron chi connectivity index (χ0n) is 12.2. The van der Waals surface area contributed by atoms with E-state index in [1.54, 1.807) is 12.1 Å². The van der Waals surface area contributed by atoms with Crippen molar-refractivity contribution in [2.24, 2.45) is 0 Å². The van der Waals surface area contributed by atoms with Crippen molar-refractivity contribution in [2.45, 2.75) is 6.61 Å². The highest BCUT2D eigenvalue weighted by Crippen LogP contribution is 2.24. The van der Waals surface area contributed by atoms with E-state index in [-0.39, 0.29) is 11.4 Å². The lowest BCUT2D eigenvalue weighted by Crippen LogP contribution is -1.99. The van der Waals surface area contributed by atoms with Gasteiger partial charge < -0.3 is 14.6 Å². The third kappa shape index (κ3) is 2.96. The van der Waals surface area contributed by atoms with Crippen molar-refractivity contribution in [2.75, 3.05) is 0 Å². The molecule has 0 radical (unpaired) electrons. The summed E-state index contributed by atoms with van der Waals surface area (Å²) >= 11 is 0. The van der Waals surface area contributed by atoms with Crippen LogP contribution in [0.3, 0.4) is 0 Å². The van der Waals surface area contributed by atoms with Gasteiger partial charge in [-0.1, -0.05) is 36.4 Å². The van der Waals surface area contributed by atoms with Crippen LogP contribution < -0.4 is 4.74 Å². The average molecular weight is 290 g/mol. The van der Waals surface area contributed by atoms with Crippen LogP contribution in [0, 0.1) is 0 Å². The van der Waals surface area contributed by atoms with Gasteiger partial charge in [0.05, 0.1) is 0 Å². The summed E-state index contributed by atoms with van der Waals surface area (Å²) in [5.74, 6) is 0.485. The van der Waals surface area contributed by atoms with E-state index < -0.39 is 0 Å². The summed E-state index contributed by atoms with van der Waals surface area (Å²) in [6.07, 6.45) is 0. The molecule has 0 fully saturated rings. The van der Waals surface area contributed by atoms with Crippen LogP contribution in [0.25, 0.3) is 10.8 Å². The molecule has 0 amide bonds. The Labute approximate surface area is 129 Å². The molecule has 108 valence electrons. The van der Waals surface area contributed by atoms with Gasteiger partial charge in [-0.05, 0) is 34.5 Å². The maximum atomic E-state index is 11.3. The molecule has 3 rings (SSSR count). The van der Waals surface area contributed by atoms with Crippen LogP contribution in [0.5, 0.6) is 11.5 Å². The molecule has 22 heavy (non-hydrogen) atoms. The lowest BCUT2D eigenvalue weighted by atomic mass is 9.94. The number of ether oxygens (including phenoxy) is 1. The van der Waals surface area contributed by atoms with Gasteiger partial charge in [0.2, 0.25) is 0 Å². The highest BCUT2D eigenvalue weighted by atomic mass is 16.5. The number of rotatable bonds is 4. The van der Waals surface area contributed by atoms with Crippen molar-refractivity contribution in [3.63, 3.8) is 0 Å². The summed E-state index contributed by atoms with van der Waals surface area (Å²) in [7, 11) is 1.42. The van der Waals surface area contributed by atoms with Gasteiger partial charge in [-0.2, -0.15) is 0 Å². The Hall–Kier alpha value is -2.75. The second-order valence-corrected chi connectivity index (χ2v) is 5.21. The fourth-order valence-electron chi connectivity index (χ4n) is 2.39. The quantitative estimate of drug-likeness (QED) is 0.751. The molecule has 0 atom stereocenters. The molecule has 0 heterocycles. The first kappa shape index (κ1) is 14.2. The van der Waals surface area contributed by atoms with Crippen LogP contribution in [0.1, 0.15) is 15.9 Å². The molecule has 0 spiro atoms. The van der Waals surface area contributed by atoms with Crippen molar-refractivity contribution in [1.82, 2.24) is 0 Å². The Morgan fingerprint density at radius 3 is 2.50 bits per heavy atom. The SMILES string of the molecule is BC(=O)c1ccc(OCc2ccc3ccccc3c2)cc1O. The van der Waals surface area contributed by atoms with Gasteiger partial charge in [0.15, 0.2) is 7.85 Å². The summed E-state index contributed by atoms with van der Waals surface area (Å²) < 4.78 is 5.69. The Morgan fingerprint density at radius 1 is 1.00 bits per heavy atom. The minimum Gasteiger partial charge on any atom is -0.507 e. The largest absolute Gasteiger partial charge is 0.507 e. The Morgan fingerprint density at radius 2 is 1.77 bits per heavy atom. The number of carbonyl (C=O) groups is 1. The van der Waals surface area contributed by atoms with E-state index in [0.717, 1.165) is 5.56 Å². The first-order chi connectivity index (χ1) is 10.6. The summed E-state index contributed by atoms with van der Waals surface area (Å²) in [6, 6.07) is 19.0. The fourth-order valence-corrected chi connectivity index (χ4v) is 2.39. The number of hydrogen-bond acceptors (Lipinski definition) is 3. The standard InChI is InChI=1S/C18H15BO3/c19-18(21)16-8-7-15(10-17(16)20)22-11-12-5-6-13-3-1-2-4-14(13)9-12/h1-10,20H,11,19H2. The molecule has 3 aromatic carbocycles. The van der Waals surface area contributed by atoms with Crippen LogP contribution in [0.15, 0.2) is 60.7 Å². The first-order valence-electron chi connectivity index (χ1n) is 7.08. The summed E-state index contributed by atoms with van der Waals surface area (Å²) in [4.78, 5) is 11.3. The molecule has 0 aromatic heterocycles. The van der Waals surface area contributed by atoms with Crippen LogP contribution in [-0.2, 0) is 6.61 Å². The maximum Gasteiger partial charge on any atom is 0.193 e. The number of phenolic OH excluding ortho intramolecular Hbond substituents is 1. The highest BCUT2D eigenvalue weighted by molar-refractivity contribution is 6.62. The minimum atomic E-state index is -0.168. The van der Waals surface area contributed by atoms with Crippen LogP contribution in [0.4, 0.5) is 0 Å². The van der Waals surface area contributed by atoms with E-state index in [9.17, 15) is 9.90 Å². The smallest absolute Gasteiger partial charge is 0.193 e. The zero-order chi connectivity index (χ0) is 15.5. The third-order valence-corrected chi connectivity index (χ3v) is 3.57. The number of aromatic hydroxyl groups is 1. The number of hydrogen-bond donors (Lipinski definition) is 1. The molecule has 0 bridgehead atoms. The highest BCUT2D eigenvalue weighted by Gasteiger charge is 2.07. The maximum absolute atomic E-state index is 11.3. The van der Waals surface area contributed by atoms with Gasteiger partial charge in [-0.25, -0.2) is 0 Å².